The highest BCUT2D eigenvalue weighted by molar-refractivity contribution is 6.30. The Labute approximate surface area is 271 Å². The van der Waals surface area contributed by atoms with Crippen molar-refractivity contribution in [1.82, 2.24) is 15.4 Å². The molecule has 14 heteroatoms. The Bertz CT molecular complexity index is 1800. The average Bonchev–Trinajstić information content (AvgIpc) is 3.05. The van der Waals surface area contributed by atoms with Crippen LogP contribution in [0.25, 0.3) is 10.9 Å². The highest BCUT2D eigenvalue weighted by Crippen LogP contribution is 2.28. The summed E-state index contributed by atoms with van der Waals surface area (Å²) in [7, 11) is 0. The third kappa shape index (κ3) is 8.17. The molecule has 3 amide bonds. The van der Waals surface area contributed by atoms with Crippen molar-refractivity contribution in [1.29, 1.82) is 0 Å². The van der Waals surface area contributed by atoms with E-state index in [-0.39, 0.29) is 31.7 Å². The van der Waals surface area contributed by atoms with E-state index in [1.807, 2.05) is 37.3 Å². The Kier molecular flexibility index (Phi) is 9.95. The van der Waals surface area contributed by atoms with Crippen LogP contribution in [0.15, 0.2) is 78.9 Å². The predicted octanol–water partition coefficient (Wildman–Crippen LogP) is 5.63. The SMILES string of the molecule is Cc1cc(COc2ccc(NC(=O)C3CCN(C(=O)c4ccc(Cl)cc4)C[C@@H]3C(=O)NOC(=O)C(F)(F)F)cc2)c2ccccc2n1. The fraction of sp³-hybridized carbons (Fsp3) is 0.242. The number of likely N-dealkylation sites (tertiary alicyclic amines) is 1. The summed E-state index contributed by atoms with van der Waals surface area (Å²) in [5, 5.41) is 4.08. The highest BCUT2D eigenvalue weighted by atomic mass is 35.5. The molecular weight excluding hydrogens is 641 g/mol. The number of carbonyl (C=O) groups excluding carboxylic acids is 4. The number of nitrogens with one attached hydrogen (secondary N) is 2. The Balaban J connectivity index is 1.26. The van der Waals surface area contributed by atoms with Crippen LogP contribution in [0.4, 0.5) is 18.9 Å². The van der Waals surface area contributed by atoms with Crippen LogP contribution in [-0.4, -0.2) is 52.8 Å². The zero-order valence-corrected chi connectivity index (χ0v) is 25.6. The van der Waals surface area contributed by atoms with Crippen LogP contribution < -0.4 is 15.5 Å². The van der Waals surface area contributed by atoms with Crippen molar-refractivity contribution in [3.8, 4) is 5.75 Å². The predicted molar refractivity (Wildman–Crippen MR) is 165 cm³/mol. The fourth-order valence-electron chi connectivity index (χ4n) is 5.27. The van der Waals surface area contributed by atoms with Crippen molar-refractivity contribution in [2.75, 3.05) is 18.4 Å². The molecule has 1 fully saturated rings. The van der Waals surface area contributed by atoms with Crippen molar-refractivity contribution >= 4 is 51.9 Å². The highest BCUT2D eigenvalue weighted by Gasteiger charge is 2.44. The van der Waals surface area contributed by atoms with Crippen LogP contribution in [-0.2, 0) is 25.8 Å². The number of amides is 3. The molecule has 244 valence electrons. The van der Waals surface area contributed by atoms with Gasteiger partial charge in [-0.15, -0.1) is 0 Å². The first-order valence-electron chi connectivity index (χ1n) is 14.4. The molecule has 1 unspecified atom stereocenters. The fourth-order valence-corrected chi connectivity index (χ4v) is 5.39. The number of benzene rings is 3. The number of nitrogens with zero attached hydrogens (tertiary/aromatic N) is 2. The van der Waals surface area contributed by atoms with Gasteiger partial charge >= 0.3 is 12.1 Å². The number of fused-ring (bicyclic) bond motifs is 1. The Hall–Kier alpha value is -5.17. The van der Waals surface area contributed by atoms with Gasteiger partial charge in [0, 0.05) is 46.0 Å². The van der Waals surface area contributed by atoms with Crippen LogP contribution >= 0.6 is 11.6 Å². The van der Waals surface area contributed by atoms with Crippen molar-refractivity contribution in [2.24, 2.45) is 11.8 Å². The number of rotatable bonds is 7. The van der Waals surface area contributed by atoms with E-state index in [4.69, 9.17) is 16.3 Å². The molecule has 0 bridgehead atoms. The molecule has 1 aromatic heterocycles. The van der Waals surface area contributed by atoms with Crippen LogP contribution in [0.1, 0.15) is 28.0 Å². The number of halogens is 4. The molecule has 2 heterocycles. The molecule has 3 aromatic carbocycles. The van der Waals surface area contributed by atoms with Gasteiger partial charge in [0.05, 0.1) is 17.4 Å². The standard InChI is InChI=1S/C33H28ClF3N4O6/c1-19-16-21(25-4-2-3-5-28(25)38-19)18-46-24-12-10-23(11-13-24)39-29(42)26-14-15-41(31(44)20-6-8-22(34)9-7-20)17-27(26)30(43)40-47-32(45)33(35,36)37/h2-13,16,26-27H,14-15,17-18H2,1H3,(H,39,42)(H,40,43)/t26?,27-/m0/s1. The van der Waals surface area contributed by atoms with Gasteiger partial charge in [-0.2, -0.15) is 18.7 Å². The van der Waals surface area contributed by atoms with Crippen molar-refractivity contribution in [2.45, 2.75) is 26.1 Å². The molecule has 0 radical (unpaired) electrons. The molecule has 4 aromatic rings. The number of aromatic nitrogens is 1. The minimum absolute atomic E-state index is 0.00301. The van der Waals surface area contributed by atoms with E-state index in [0.717, 1.165) is 22.2 Å². The Morgan fingerprint density at radius 2 is 1.66 bits per heavy atom. The third-order valence-corrected chi connectivity index (χ3v) is 7.84. The lowest BCUT2D eigenvalue weighted by Gasteiger charge is -2.36. The number of aryl methyl sites for hydroxylation is 1. The summed E-state index contributed by atoms with van der Waals surface area (Å²) in [5.74, 6) is -6.78. The summed E-state index contributed by atoms with van der Waals surface area (Å²) in [6.07, 6.45) is -5.36. The second-order valence-corrected chi connectivity index (χ2v) is 11.3. The first-order chi connectivity index (χ1) is 22.4. The summed E-state index contributed by atoms with van der Waals surface area (Å²) < 4.78 is 43.9. The number of para-hydroxylation sites is 1. The molecule has 47 heavy (non-hydrogen) atoms. The molecule has 1 saturated heterocycles. The van der Waals surface area contributed by atoms with E-state index >= 15 is 0 Å². The molecule has 2 N–H and O–H groups in total. The summed E-state index contributed by atoms with van der Waals surface area (Å²) in [5.41, 5.74) is 4.79. The van der Waals surface area contributed by atoms with Crippen molar-refractivity contribution in [3.05, 3.63) is 101 Å². The molecular formula is C33H28ClF3N4O6. The van der Waals surface area contributed by atoms with E-state index in [1.165, 1.54) is 34.6 Å². The third-order valence-electron chi connectivity index (χ3n) is 7.59. The number of anilines is 1. The molecule has 0 aliphatic carbocycles. The van der Waals surface area contributed by atoms with Gasteiger partial charge in [-0.3, -0.25) is 19.4 Å². The number of carbonyl (C=O) groups is 4. The average molecular weight is 669 g/mol. The van der Waals surface area contributed by atoms with Gasteiger partial charge in [-0.25, -0.2) is 4.79 Å². The molecule has 2 atom stereocenters. The van der Waals surface area contributed by atoms with Gasteiger partial charge in [0.25, 0.3) is 11.8 Å². The lowest BCUT2D eigenvalue weighted by molar-refractivity contribution is -0.208. The normalized spacial score (nSPS) is 16.3. The quantitative estimate of drug-likeness (QED) is 0.245. The summed E-state index contributed by atoms with van der Waals surface area (Å²) in [6, 6.07) is 22.2. The molecule has 0 saturated carbocycles. The van der Waals surface area contributed by atoms with Crippen LogP contribution in [0.5, 0.6) is 5.75 Å². The first-order valence-corrected chi connectivity index (χ1v) is 14.8. The number of piperidine rings is 1. The molecule has 5 rings (SSSR count). The monoisotopic (exact) mass is 668 g/mol. The molecule has 1 aliphatic heterocycles. The number of hydrogen-bond donors (Lipinski definition) is 2. The molecule has 0 spiro atoms. The van der Waals surface area contributed by atoms with Gasteiger partial charge in [0.2, 0.25) is 5.91 Å². The molecule has 1 aliphatic rings. The maximum atomic E-state index is 13.4. The largest absolute Gasteiger partial charge is 0.493 e. The number of pyridine rings is 1. The van der Waals surface area contributed by atoms with Crippen LogP contribution in [0.3, 0.4) is 0 Å². The van der Waals surface area contributed by atoms with E-state index in [9.17, 15) is 32.3 Å². The molecule has 10 nitrogen and oxygen atoms in total. The second kappa shape index (κ2) is 14.1. The summed E-state index contributed by atoms with van der Waals surface area (Å²) in [6.45, 7) is 1.92. The number of alkyl halides is 3. The van der Waals surface area contributed by atoms with E-state index in [0.29, 0.717) is 16.5 Å². The number of hydroxylamine groups is 1. The van der Waals surface area contributed by atoms with Gasteiger partial charge in [0.15, 0.2) is 0 Å². The van der Waals surface area contributed by atoms with Crippen LogP contribution in [0.2, 0.25) is 5.02 Å². The maximum Gasteiger partial charge on any atom is 0.493 e. The zero-order valence-electron chi connectivity index (χ0n) is 24.8. The lowest BCUT2D eigenvalue weighted by atomic mass is 9.83. The second-order valence-electron chi connectivity index (χ2n) is 10.9. The van der Waals surface area contributed by atoms with Crippen molar-refractivity contribution < 1.29 is 41.9 Å². The Morgan fingerprint density at radius 1 is 0.957 bits per heavy atom. The lowest BCUT2D eigenvalue weighted by Crippen LogP contribution is -2.52. The first kappa shape index (κ1) is 33.2. The van der Waals surface area contributed by atoms with Gasteiger partial charge in [0.1, 0.15) is 12.4 Å². The van der Waals surface area contributed by atoms with E-state index in [1.54, 1.807) is 24.3 Å². The zero-order chi connectivity index (χ0) is 33.7. The minimum atomic E-state index is -5.35. The minimum Gasteiger partial charge on any atom is -0.489 e. The summed E-state index contributed by atoms with van der Waals surface area (Å²) in [4.78, 5) is 60.4. The van der Waals surface area contributed by atoms with Crippen LogP contribution in [0, 0.1) is 18.8 Å². The van der Waals surface area contributed by atoms with E-state index in [2.05, 4.69) is 15.1 Å². The number of ether oxygens (including phenoxy) is 1. The number of hydrogen-bond acceptors (Lipinski definition) is 7. The smallest absolute Gasteiger partial charge is 0.489 e. The van der Waals surface area contributed by atoms with Crippen molar-refractivity contribution in [3.63, 3.8) is 0 Å². The van der Waals surface area contributed by atoms with Gasteiger partial charge in [-0.05, 0) is 74.0 Å². The summed E-state index contributed by atoms with van der Waals surface area (Å²) >= 11 is 5.90. The maximum absolute atomic E-state index is 13.4. The topological polar surface area (TPSA) is 127 Å². The van der Waals surface area contributed by atoms with Gasteiger partial charge < -0.3 is 19.8 Å². The van der Waals surface area contributed by atoms with Gasteiger partial charge in [-0.1, -0.05) is 29.8 Å². The Morgan fingerprint density at radius 3 is 2.36 bits per heavy atom. The van der Waals surface area contributed by atoms with E-state index < -0.39 is 41.7 Å².